The predicted octanol–water partition coefficient (Wildman–Crippen LogP) is 3.48. The molecule has 2 atom stereocenters. The molecule has 0 bridgehead atoms. The van der Waals surface area contributed by atoms with Crippen molar-refractivity contribution in [2.24, 2.45) is 0 Å². The van der Waals surface area contributed by atoms with Gasteiger partial charge in [-0.2, -0.15) is 0 Å². The van der Waals surface area contributed by atoms with E-state index in [1.165, 1.54) is 11.1 Å². The topological polar surface area (TPSA) is 15.8 Å². The lowest BCUT2D eigenvalue weighted by Gasteiger charge is -2.28. The predicted molar refractivity (Wildman–Crippen MR) is 81.3 cm³/mol. The van der Waals surface area contributed by atoms with Gasteiger partial charge < -0.3 is 4.74 Å². The maximum Gasteiger partial charge on any atom is 0.0962 e. The smallest absolute Gasteiger partial charge is 0.0962 e. The zero-order valence-electron chi connectivity index (χ0n) is 11.9. The van der Waals surface area contributed by atoms with Crippen LogP contribution in [0.2, 0.25) is 0 Å². The molecule has 0 aliphatic carbocycles. The first-order valence-electron chi connectivity index (χ1n) is 7.26. The van der Waals surface area contributed by atoms with E-state index < -0.39 is 0 Å². The van der Waals surface area contributed by atoms with Gasteiger partial charge in [-0.3, -0.25) is 4.90 Å². The van der Waals surface area contributed by atoms with E-state index >= 15 is 0 Å². The van der Waals surface area contributed by atoms with Crippen molar-refractivity contribution >= 4 is 0 Å². The Morgan fingerprint density at radius 1 is 0.950 bits per heavy atom. The zero-order chi connectivity index (χ0) is 13.8. The number of rotatable bonds is 6. The highest BCUT2D eigenvalue weighted by molar-refractivity contribution is 5.17. The summed E-state index contributed by atoms with van der Waals surface area (Å²) in [5.74, 6) is 0. The second-order valence-corrected chi connectivity index (χ2v) is 5.49. The van der Waals surface area contributed by atoms with E-state index in [9.17, 15) is 0 Å². The summed E-state index contributed by atoms with van der Waals surface area (Å²) in [6.45, 7) is 5.11. The number of hydrogen-bond acceptors (Lipinski definition) is 2. The summed E-state index contributed by atoms with van der Waals surface area (Å²) in [5, 5.41) is 0. The van der Waals surface area contributed by atoms with Crippen LogP contribution in [0.4, 0.5) is 0 Å². The average molecular weight is 267 g/mol. The van der Waals surface area contributed by atoms with Gasteiger partial charge in [-0.05, 0) is 18.1 Å². The van der Waals surface area contributed by atoms with E-state index in [0.29, 0.717) is 12.1 Å². The Hall–Kier alpha value is -1.64. The minimum Gasteiger partial charge on any atom is -0.371 e. The molecule has 0 radical (unpaired) electrons. The Morgan fingerprint density at radius 3 is 1.80 bits per heavy atom. The lowest BCUT2D eigenvalue weighted by atomic mass is 10.1. The van der Waals surface area contributed by atoms with E-state index in [2.05, 4.69) is 72.5 Å². The molecule has 1 fully saturated rings. The van der Waals surface area contributed by atoms with Gasteiger partial charge in [0, 0.05) is 19.1 Å². The van der Waals surface area contributed by atoms with Crippen LogP contribution >= 0.6 is 0 Å². The molecule has 1 aliphatic rings. The summed E-state index contributed by atoms with van der Waals surface area (Å²) in [5.41, 5.74) is 2.71. The van der Waals surface area contributed by atoms with Crippen molar-refractivity contribution in [3.63, 3.8) is 0 Å². The largest absolute Gasteiger partial charge is 0.371 e. The fourth-order valence-corrected chi connectivity index (χ4v) is 2.55. The van der Waals surface area contributed by atoms with Gasteiger partial charge in [0.25, 0.3) is 0 Å². The first-order valence-corrected chi connectivity index (χ1v) is 7.26. The molecule has 2 aromatic rings. The second-order valence-electron chi connectivity index (χ2n) is 5.49. The van der Waals surface area contributed by atoms with Gasteiger partial charge in [0.05, 0.1) is 12.7 Å². The molecule has 0 N–H and O–H groups in total. The molecular weight excluding hydrogens is 246 g/mol. The van der Waals surface area contributed by atoms with Gasteiger partial charge in [-0.25, -0.2) is 0 Å². The molecule has 3 rings (SSSR count). The molecule has 0 aromatic heterocycles. The third-order valence-electron chi connectivity index (χ3n) is 3.93. The molecule has 1 aliphatic heterocycles. The first-order chi connectivity index (χ1) is 9.83. The van der Waals surface area contributed by atoms with Crippen molar-refractivity contribution in [1.82, 2.24) is 4.90 Å². The minimum absolute atomic E-state index is 0.405. The van der Waals surface area contributed by atoms with Crippen LogP contribution in [0.1, 0.15) is 18.1 Å². The maximum atomic E-state index is 5.48. The summed E-state index contributed by atoms with van der Waals surface area (Å²) in [4.78, 5) is 2.50. The Bertz CT molecular complexity index is 480. The van der Waals surface area contributed by atoms with Crippen LogP contribution in [0.15, 0.2) is 60.7 Å². The molecule has 0 saturated carbocycles. The number of ether oxygens (including phenoxy) is 1. The first kappa shape index (κ1) is 13.3. The van der Waals surface area contributed by atoms with Crippen molar-refractivity contribution in [1.29, 1.82) is 0 Å². The number of nitrogens with zero attached hydrogens (tertiary/aromatic N) is 1. The standard InChI is InChI=1S/C18H21NO/c1-15(18-14-20-18)19(12-16-8-4-2-5-9-16)13-17-10-6-3-7-11-17/h2-11,15,18H,12-14H2,1H3/t15-,18?/m0/s1. The fraction of sp³-hybridized carbons (Fsp3) is 0.333. The second kappa shape index (κ2) is 6.21. The van der Waals surface area contributed by atoms with Gasteiger partial charge in [0.15, 0.2) is 0 Å². The SMILES string of the molecule is C[C@@H](C1CO1)N(Cc1ccccc1)Cc1ccccc1. The normalized spacial score (nSPS) is 19.0. The van der Waals surface area contributed by atoms with Gasteiger partial charge in [-0.15, -0.1) is 0 Å². The molecule has 0 amide bonds. The number of benzene rings is 2. The Labute approximate surface area is 121 Å². The molecule has 0 spiro atoms. The molecule has 1 heterocycles. The zero-order valence-corrected chi connectivity index (χ0v) is 11.9. The van der Waals surface area contributed by atoms with Gasteiger partial charge in [-0.1, -0.05) is 60.7 Å². The third kappa shape index (κ3) is 3.47. The molecule has 104 valence electrons. The molecule has 2 nitrogen and oxygen atoms in total. The maximum absolute atomic E-state index is 5.48. The lowest BCUT2D eigenvalue weighted by Crippen LogP contribution is -2.36. The van der Waals surface area contributed by atoms with Crippen molar-refractivity contribution in [2.75, 3.05) is 6.61 Å². The van der Waals surface area contributed by atoms with E-state index in [-0.39, 0.29) is 0 Å². The summed E-state index contributed by atoms with van der Waals surface area (Å²) in [7, 11) is 0. The molecule has 1 saturated heterocycles. The highest BCUT2D eigenvalue weighted by Crippen LogP contribution is 2.22. The molecule has 20 heavy (non-hydrogen) atoms. The molecule has 1 unspecified atom stereocenters. The van der Waals surface area contributed by atoms with Crippen LogP contribution in [0.3, 0.4) is 0 Å². The number of epoxide rings is 1. The summed E-state index contributed by atoms with van der Waals surface area (Å²) >= 11 is 0. The quantitative estimate of drug-likeness (QED) is 0.745. The van der Waals surface area contributed by atoms with Gasteiger partial charge in [0.2, 0.25) is 0 Å². The van der Waals surface area contributed by atoms with Crippen LogP contribution < -0.4 is 0 Å². The van der Waals surface area contributed by atoms with Crippen molar-refractivity contribution in [3.8, 4) is 0 Å². The van der Waals surface area contributed by atoms with Crippen molar-refractivity contribution < 1.29 is 4.74 Å². The average Bonchev–Trinajstić information content (AvgIpc) is 3.33. The molecular formula is C18H21NO. The summed E-state index contributed by atoms with van der Waals surface area (Å²) in [6, 6.07) is 21.8. The van der Waals surface area contributed by atoms with Crippen LogP contribution in [0.5, 0.6) is 0 Å². The molecule has 2 aromatic carbocycles. The fourth-order valence-electron chi connectivity index (χ4n) is 2.55. The van der Waals surface area contributed by atoms with E-state index in [1.807, 2.05) is 0 Å². The Kier molecular flexibility index (Phi) is 4.14. The van der Waals surface area contributed by atoms with Crippen molar-refractivity contribution in [3.05, 3.63) is 71.8 Å². The Morgan fingerprint density at radius 2 is 1.40 bits per heavy atom. The summed E-state index contributed by atoms with van der Waals surface area (Å²) in [6.07, 6.45) is 0.405. The summed E-state index contributed by atoms with van der Waals surface area (Å²) < 4.78 is 5.48. The van der Waals surface area contributed by atoms with Gasteiger partial charge in [0.1, 0.15) is 0 Å². The van der Waals surface area contributed by atoms with Crippen LogP contribution in [0.25, 0.3) is 0 Å². The van der Waals surface area contributed by atoms with Crippen LogP contribution in [-0.4, -0.2) is 23.7 Å². The Balaban J connectivity index is 1.73. The van der Waals surface area contributed by atoms with Gasteiger partial charge >= 0.3 is 0 Å². The highest BCUT2D eigenvalue weighted by atomic mass is 16.6. The highest BCUT2D eigenvalue weighted by Gasteiger charge is 2.33. The van der Waals surface area contributed by atoms with E-state index in [0.717, 1.165) is 19.7 Å². The van der Waals surface area contributed by atoms with Crippen LogP contribution in [-0.2, 0) is 17.8 Å². The monoisotopic (exact) mass is 267 g/mol. The van der Waals surface area contributed by atoms with Crippen LogP contribution in [0, 0.1) is 0 Å². The minimum atomic E-state index is 0.405. The number of hydrogen-bond donors (Lipinski definition) is 0. The third-order valence-corrected chi connectivity index (χ3v) is 3.93. The molecule has 2 heteroatoms. The lowest BCUT2D eigenvalue weighted by molar-refractivity contribution is 0.157. The van der Waals surface area contributed by atoms with Crippen molar-refractivity contribution in [2.45, 2.75) is 32.2 Å². The van der Waals surface area contributed by atoms with E-state index in [4.69, 9.17) is 4.74 Å². The van der Waals surface area contributed by atoms with E-state index in [1.54, 1.807) is 0 Å².